The van der Waals surface area contributed by atoms with E-state index < -0.39 is 12.4 Å². The van der Waals surface area contributed by atoms with E-state index in [0.29, 0.717) is 6.61 Å². The van der Waals surface area contributed by atoms with Crippen LogP contribution in [0.4, 0.5) is 0 Å². The van der Waals surface area contributed by atoms with Crippen LogP contribution in [0.5, 0.6) is 0 Å². The molecule has 0 aromatic carbocycles. The van der Waals surface area contributed by atoms with Crippen LogP contribution >= 0.6 is 0 Å². The average molecular weight is 192 g/mol. The van der Waals surface area contributed by atoms with E-state index in [4.69, 9.17) is 18.9 Å². The van der Waals surface area contributed by atoms with Crippen molar-refractivity contribution in [3.05, 3.63) is 0 Å². The first-order valence-electron chi connectivity index (χ1n) is 4.12. The molecule has 0 aromatic heterocycles. The molecule has 1 fully saturated rings. The van der Waals surface area contributed by atoms with Gasteiger partial charge >= 0.3 is 0 Å². The molecule has 5 heteroatoms. The SMILES string of the molecule is COC[C@H]1OC(O)[C@H](OC)[C@H]1OC. The summed E-state index contributed by atoms with van der Waals surface area (Å²) in [5.74, 6) is 0. The lowest BCUT2D eigenvalue weighted by Gasteiger charge is -2.19. The molecule has 0 saturated carbocycles. The summed E-state index contributed by atoms with van der Waals surface area (Å²) in [6.07, 6.45) is -1.92. The van der Waals surface area contributed by atoms with E-state index in [0.717, 1.165) is 0 Å². The van der Waals surface area contributed by atoms with Gasteiger partial charge in [-0.3, -0.25) is 0 Å². The first kappa shape index (κ1) is 10.9. The minimum absolute atomic E-state index is 0.269. The fraction of sp³-hybridized carbons (Fsp3) is 1.00. The molecular formula is C8H16O5. The molecule has 1 aliphatic heterocycles. The molecule has 0 aromatic rings. The fourth-order valence-corrected chi connectivity index (χ4v) is 1.54. The van der Waals surface area contributed by atoms with Crippen molar-refractivity contribution in [2.45, 2.75) is 24.6 Å². The fourth-order valence-electron chi connectivity index (χ4n) is 1.54. The van der Waals surface area contributed by atoms with Crippen molar-refractivity contribution in [1.29, 1.82) is 0 Å². The molecule has 78 valence electrons. The third-order valence-electron chi connectivity index (χ3n) is 2.16. The molecule has 1 aliphatic rings. The number of ether oxygens (including phenoxy) is 4. The Morgan fingerprint density at radius 3 is 2.23 bits per heavy atom. The molecule has 0 amide bonds. The Balaban J connectivity index is 2.57. The smallest absolute Gasteiger partial charge is 0.184 e. The van der Waals surface area contributed by atoms with E-state index in [9.17, 15) is 5.11 Å². The molecule has 0 spiro atoms. The highest BCUT2D eigenvalue weighted by Crippen LogP contribution is 2.24. The second kappa shape index (κ2) is 4.88. The third kappa shape index (κ3) is 2.18. The largest absolute Gasteiger partial charge is 0.382 e. The van der Waals surface area contributed by atoms with Gasteiger partial charge in [-0.2, -0.15) is 0 Å². The van der Waals surface area contributed by atoms with Gasteiger partial charge in [0.05, 0.1) is 6.61 Å². The summed E-state index contributed by atoms with van der Waals surface area (Å²) < 4.78 is 20.3. The summed E-state index contributed by atoms with van der Waals surface area (Å²) >= 11 is 0. The van der Waals surface area contributed by atoms with Crippen LogP contribution in [-0.2, 0) is 18.9 Å². The monoisotopic (exact) mass is 192 g/mol. The second-order valence-electron chi connectivity index (χ2n) is 2.92. The lowest BCUT2D eigenvalue weighted by molar-refractivity contribution is -0.141. The highest BCUT2D eigenvalue weighted by molar-refractivity contribution is 4.88. The third-order valence-corrected chi connectivity index (χ3v) is 2.16. The zero-order valence-corrected chi connectivity index (χ0v) is 8.10. The molecular weight excluding hydrogens is 176 g/mol. The number of rotatable bonds is 4. The Hall–Kier alpha value is -0.200. The van der Waals surface area contributed by atoms with Gasteiger partial charge in [-0.1, -0.05) is 0 Å². The van der Waals surface area contributed by atoms with Crippen molar-refractivity contribution < 1.29 is 24.1 Å². The van der Waals surface area contributed by atoms with Gasteiger partial charge in [-0.15, -0.1) is 0 Å². The van der Waals surface area contributed by atoms with Crippen LogP contribution in [0.25, 0.3) is 0 Å². The van der Waals surface area contributed by atoms with Crippen molar-refractivity contribution >= 4 is 0 Å². The molecule has 0 radical (unpaired) electrons. The molecule has 1 saturated heterocycles. The first-order valence-corrected chi connectivity index (χ1v) is 4.12. The lowest BCUT2D eigenvalue weighted by atomic mass is 10.1. The van der Waals surface area contributed by atoms with Crippen LogP contribution < -0.4 is 0 Å². The van der Waals surface area contributed by atoms with Crippen LogP contribution in [-0.4, -0.2) is 57.6 Å². The standard InChI is InChI=1S/C8H16O5/c1-10-4-5-6(11-2)7(12-3)8(9)13-5/h5-9H,4H2,1-3H3/t5-,6+,7-,8?/m1/s1. The predicted octanol–water partition coefficient (Wildman–Crippen LogP) is -0.620. The van der Waals surface area contributed by atoms with E-state index in [2.05, 4.69) is 0 Å². The maximum absolute atomic E-state index is 9.40. The highest BCUT2D eigenvalue weighted by atomic mass is 16.7. The molecule has 0 aliphatic carbocycles. The van der Waals surface area contributed by atoms with Crippen molar-refractivity contribution in [2.24, 2.45) is 0 Å². The van der Waals surface area contributed by atoms with Gasteiger partial charge in [0.15, 0.2) is 6.29 Å². The maximum Gasteiger partial charge on any atom is 0.184 e. The summed E-state index contributed by atoms with van der Waals surface area (Å²) in [6, 6.07) is 0. The first-order chi connectivity index (χ1) is 6.24. The van der Waals surface area contributed by atoms with Gasteiger partial charge in [-0.25, -0.2) is 0 Å². The van der Waals surface area contributed by atoms with Crippen LogP contribution in [0.15, 0.2) is 0 Å². The zero-order valence-electron chi connectivity index (χ0n) is 8.10. The van der Waals surface area contributed by atoms with Crippen LogP contribution in [0, 0.1) is 0 Å². The number of aliphatic hydroxyl groups excluding tert-OH is 1. The molecule has 1 rings (SSSR count). The van der Waals surface area contributed by atoms with Crippen LogP contribution in [0.2, 0.25) is 0 Å². The predicted molar refractivity (Wildman–Crippen MR) is 44.3 cm³/mol. The minimum Gasteiger partial charge on any atom is -0.382 e. The highest BCUT2D eigenvalue weighted by Gasteiger charge is 2.44. The van der Waals surface area contributed by atoms with Gasteiger partial charge in [0.25, 0.3) is 0 Å². The Morgan fingerprint density at radius 1 is 1.15 bits per heavy atom. The molecule has 4 atom stereocenters. The average Bonchev–Trinajstić information content (AvgIpc) is 2.41. The normalized spacial score (nSPS) is 39.7. The van der Waals surface area contributed by atoms with E-state index in [-0.39, 0.29) is 12.2 Å². The molecule has 13 heavy (non-hydrogen) atoms. The van der Waals surface area contributed by atoms with Gasteiger partial charge in [0, 0.05) is 21.3 Å². The van der Waals surface area contributed by atoms with Gasteiger partial charge in [0.2, 0.25) is 0 Å². The summed E-state index contributed by atoms with van der Waals surface area (Å²) in [5, 5.41) is 9.40. The van der Waals surface area contributed by atoms with Crippen molar-refractivity contribution in [3.63, 3.8) is 0 Å². The molecule has 1 unspecified atom stereocenters. The molecule has 5 nitrogen and oxygen atoms in total. The van der Waals surface area contributed by atoms with E-state index in [1.165, 1.54) is 7.11 Å². The van der Waals surface area contributed by atoms with Crippen molar-refractivity contribution in [2.75, 3.05) is 27.9 Å². The topological polar surface area (TPSA) is 57.2 Å². The van der Waals surface area contributed by atoms with Gasteiger partial charge in [0.1, 0.15) is 18.3 Å². The Morgan fingerprint density at radius 2 is 1.77 bits per heavy atom. The number of hydrogen-bond acceptors (Lipinski definition) is 5. The van der Waals surface area contributed by atoms with E-state index >= 15 is 0 Å². The Kier molecular flexibility index (Phi) is 4.08. The number of methoxy groups -OCH3 is 3. The zero-order chi connectivity index (χ0) is 9.84. The van der Waals surface area contributed by atoms with Crippen LogP contribution in [0.3, 0.4) is 0 Å². The van der Waals surface area contributed by atoms with Crippen molar-refractivity contribution in [3.8, 4) is 0 Å². The number of hydrogen-bond donors (Lipinski definition) is 1. The lowest BCUT2D eigenvalue weighted by Crippen LogP contribution is -2.37. The summed E-state index contributed by atoms with van der Waals surface area (Å²) in [5.41, 5.74) is 0. The van der Waals surface area contributed by atoms with Gasteiger partial charge in [-0.05, 0) is 0 Å². The Bertz CT molecular complexity index is 151. The van der Waals surface area contributed by atoms with Crippen molar-refractivity contribution in [1.82, 2.24) is 0 Å². The molecule has 0 bridgehead atoms. The summed E-state index contributed by atoms with van der Waals surface area (Å²) in [7, 11) is 4.64. The summed E-state index contributed by atoms with van der Waals surface area (Å²) in [4.78, 5) is 0. The number of aliphatic hydroxyl groups is 1. The molecule has 1 N–H and O–H groups in total. The maximum atomic E-state index is 9.40. The summed E-state index contributed by atoms with van der Waals surface area (Å²) in [6.45, 7) is 0.384. The molecule has 1 heterocycles. The van der Waals surface area contributed by atoms with E-state index in [1.54, 1.807) is 14.2 Å². The van der Waals surface area contributed by atoms with E-state index in [1.807, 2.05) is 0 Å². The minimum atomic E-state index is -0.935. The second-order valence-corrected chi connectivity index (χ2v) is 2.92. The quantitative estimate of drug-likeness (QED) is 0.643. The van der Waals surface area contributed by atoms with Gasteiger partial charge < -0.3 is 24.1 Å². The Labute approximate surface area is 77.5 Å². The van der Waals surface area contributed by atoms with Crippen LogP contribution in [0.1, 0.15) is 0 Å².